The molecular weight excluding hydrogens is 359 g/mol. The largest absolute Gasteiger partial charge is 0.332 e. The average molecular weight is 365 g/mol. The minimum Gasteiger partial charge on any atom is -0.332 e. The van der Waals surface area contributed by atoms with Gasteiger partial charge in [-0.1, -0.05) is 11.6 Å². The van der Waals surface area contributed by atoms with Crippen LogP contribution in [-0.2, 0) is 0 Å². The molecule has 1 heterocycles. The molecule has 2 rings (SSSR count). The molecule has 0 fully saturated rings. The fourth-order valence-electron chi connectivity index (χ4n) is 1.41. The highest BCUT2D eigenvalue weighted by atomic mass is 79.9. The molecule has 0 radical (unpaired) electrons. The summed E-state index contributed by atoms with van der Waals surface area (Å²) in [6, 6.07) is 4.09. The van der Waals surface area contributed by atoms with E-state index >= 15 is 0 Å². The zero-order valence-electron chi connectivity index (χ0n) is 9.53. The Labute approximate surface area is 124 Å². The fourth-order valence-corrected chi connectivity index (χ4v) is 1.88. The molecule has 0 aliphatic rings. The van der Waals surface area contributed by atoms with Crippen molar-refractivity contribution >= 4 is 44.7 Å². The lowest BCUT2D eigenvalue weighted by Crippen LogP contribution is -2.02. The molecule has 1 N–H and O–H groups in total. The summed E-state index contributed by atoms with van der Waals surface area (Å²) in [5.41, 5.74) is -0.694. The highest BCUT2D eigenvalue weighted by Gasteiger charge is 2.18. The molecule has 0 bridgehead atoms. The van der Waals surface area contributed by atoms with Gasteiger partial charge < -0.3 is 5.32 Å². The molecule has 5 nitrogen and oxygen atoms in total. The van der Waals surface area contributed by atoms with Crippen LogP contribution in [-0.4, -0.2) is 9.91 Å². The third-order valence-corrected chi connectivity index (χ3v) is 3.12. The van der Waals surface area contributed by atoms with Gasteiger partial charge in [0.15, 0.2) is 0 Å². The summed E-state index contributed by atoms with van der Waals surface area (Å²) >= 11 is 8.46. The van der Waals surface area contributed by atoms with Crippen molar-refractivity contribution in [1.82, 2.24) is 4.98 Å². The van der Waals surface area contributed by atoms with Gasteiger partial charge in [-0.15, -0.1) is 0 Å². The van der Waals surface area contributed by atoms with E-state index in [4.69, 9.17) is 11.6 Å². The van der Waals surface area contributed by atoms with Crippen molar-refractivity contribution in [3.63, 3.8) is 0 Å². The predicted molar refractivity (Wildman–Crippen MR) is 73.2 cm³/mol. The van der Waals surface area contributed by atoms with E-state index in [-0.39, 0.29) is 21.1 Å². The molecular formula is C11H5BrClF2N3O2. The minimum atomic E-state index is -0.797. The standard InChI is InChI=1S/C11H5BrClF2N3O2/c12-5-3-7(15)8(4-6(5)14)16-11-9(18(19)20)1-2-10(13)17-11/h1-4H,(H,16,17). The molecule has 0 spiro atoms. The third-order valence-electron chi connectivity index (χ3n) is 2.30. The van der Waals surface area contributed by atoms with Crippen LogP contribution in [0.2, 0.25) is 5.15 Å². The van der Waals surface area contributed by atoms with Crippen LogP contribution in [0.1, 0.15) is 0 Å². The van der Waals surface area contributed by atoms with Crippen LogP contribution in [0.5, 0.6) is 0 Å². The first-order chi connectivity index (χ1) is 9.38. The Kier molecular flexibility index (Phi) is 4.15. The number of hydrogen-bond acceptors (Lipinski definition) is 4. The number of anilines is 2. The number of halogens is 4. The molecule has 0 amide bonds. The lowest BCUT2D eigenvalue weighted by Gasteiger charge is -2.08. The highest BCUT2D eigenvalue weighted by Crippen LogP contribution is 2.30. The molecule has 104 valence electrons. The molecule has 9 heteroatoms. The number of nitro groups is 1. The van der Waals surface area contributed by atoms with Crippen LogP contribution in [0.15, 0.2) is 28.7 Å². The Hall–Kier alpha value is -1.80. The van der Waals surface area contributed by atoms with Crippen LogP contribution in [0.3, 0.4) is 0 Å². The predicted octanol–water partition coefficient (Wildman–Crippen LogP) is 4.43. The van der Waals surface area contributed by atoms with Crippen molar-refractivity contribution < 1.29 is 13.7 Å². The lowest BCUT2D eigenvalue weighted by molar-refractivity contribution is -0.384. The third kappa shape index (κ3) is 3.02. The van der Waals surface area contributed by atoms with Gasteiger partial charge in [0.2, 0.25) is 5.82 Å². The number of benzene rings is 1. The quantitative estimate of drug-likeness (QED) is 0.379. The topological polar surface area (TPSA) is 68.1 Å². The van der Waals surface area contributed by atoms with E-state index in [2.05, 4.69) is 26.2 Å². The molecule has 2 aromatic rings. The second-order valence-corrected chi connectivity index (χ2v) is 4.87. The summed E-state index contributed by atoms with van der Waals surface area (Å²) < 4.78 is 27.0. The van der Waals surface area contributed by atoms with Crippen molar-refractivity contribution in [3.8, 4) is 0 Å². The van der Waals surface area contributed by atoms with Gasteiger partial charge in [-0.25, -0.2) is 13.8 Å². The normalized spacial score (nSPS) is 10.4. The van der Waals surface area contributed by atoms with Crippen LogP contribution >= 0.6 is 27.5 Å². The van der Waals surface area contributed by atoms with Crippen LogP contribution < -0.4 is 5.32 Å². The summed E-state index contributed by atoms with van der Waals surface area (Å²) in [4.78, 5) is 13.8. The second-order valence-electron chi connectivity index (χ2n) is 3.63. The van der Waals surface area contributed by atoms with E-state index in [1.165, 1.54) is 6.07 Å². The zero-order valence-corrected chi connectivity index (χ0v) is 11.9. The number of rotatable bonds is 3. The van der Waals surface area contributed by atoms with Crippen molar-refractivity contribution in [3.05, 3.63) is 55.6 Å². The van der Waals surface area contributed by atoms with Crippen molar-refractivity contribution in [2.45, 2.75) is 0 Å². The minimum absolute atomic E-state index is 0.0175. The Bertz CT molecular complexity index is 700. The van der Waals surface area contributed by atoms with Crippen molar-refractivity contribution in [2.24, 2.45) is 0 Å². The number of pyridine rings is 1. The Morgan fingerprint density at radius 3 is 2.65 bits per heavy atom. The highest BCUT2D eigenvalue weighted by molar-refractivity contribution is 9.10. The first-order valence-corrected chi connectivity index (χ1v) is 6.28. The number of aromatic nitrogens is 1. The SMILES string of the molecule is O=[N+]([O-])c1ccc(Cl)nc1Nc1cc(F)c(Br)cc1F. The van der Waals surface area contributed by atoms with Gasteiger partial charge in [0.25, 0.3) is 0 Å². The first-order valence-electron chi connectivity index (χ1n) is 5.11. The molecule has 0 saturated carbocycles. The van der Waals surface area contributed by atoms with Crippen LogP contribution in [0.4, 0.5) is 26.0 Å². The second kappa shape index (κ2) is 5.68. The van der Waals surface area contributed by atoms with Crippen LogP contribution in [0.25, 0.3) is 0 Å². The van der Waals surface area contributed by atoms with E-state index in [1.807, 2.05) is 0 Å². The summed E-state index contributed by atoms with van der Waals surface area (Å²) in [6.45, 7) is 0. The monoisotopic (exact) mass is 363 g/mol. The Balaban J connectivity index is 2.47. The molecule has 0 unspecified atom stereocenters. The Morgan fingerprint density at radius 1 is 1.30 bits per heavy atom. The van der Waals surface area contributed by atoms with Gasteiger partial charge >= 0.3 is 5.69 Å². The van der Waals surface area contributed by atoms with Gasteiger partial charge in [0, 0.05) is 12.1 Å². The average Bonchev–Trinajstić information content (AvgIpc) is 2.35. The maximum absolute atomic E-state index is 13.7. The van der Waals surface area contributed by atoms with E-state index < -0.39 is 22.2 Å². The molecule has 0 saturated heterocycles. The van der Waals surface area contributed by atoms with Crippen molar-refractivity contribution in [1.29, 1.82) is 0 Å². The van der Waals surface area contributed by atoms with Crippen molar-refractivity contribution in [2.75, 3.05) is 5.32 Å². The van der Waals surface area contributed by atoms with Gasteiger partial charge in [0.05, 0.1) is 15.1 Å². The van der Waals surface area contributed by atoms with Gasteiger partial charge in [-0.05, 0) is 28.1 Å². The van der Waals surface area contributed by atoms with Gasteiger partial charge in [0.1, 0.15) is 16.8 Å². The van der Waals surface area contributed by atoms with E-state index in [0.29, 0.717) is 0 Å². The lowest BCUT2D eigenvalue weighted by atomic mass is 10.3. The summed E-state index contributed by atoms with van der Waals surface area (Å²) in [6.07, 6.45) is 0. The summed E-state index contributed by atoms with van der Waals surface area (Å²) in [7, 11) is 0. The maximum atomic E-state index is 13.7. The number of nitrogens with zero attached hydrogens (tertiary/aromatic N) is 2. The zero-order chi connectivity index (χ0) is 14.9. The fraction of sp³-hybridized carbons (Fsp3) is 0. The molecule has 1 aromatic carbocycles. The molecule has 1 aromatic heterocycles. The maximum Gasteiger partial charge on any atom is 0.311 e. The molecule has 0 aliphatic heterocycles. The molecule has 0 aliphatic carbocycles. The molecule has 20 heavy (non-hydrogen) atoms. The van der Waals surface area contributed by atoms with Crippen LogP contribution in [0, 0.1) is 21.7 Å². The Morgan fingerprint density at radius 2 is 2.00 bits per heavy atom. The molecule has 0 atom stereocenters. The summed E-state index contributed by atoms with van der Waals surface area (Å²) in [5.74, 6) is -1.80. The number of hydrogen-bond donors (Lipinski definition) is 1. The van der Waals surface area contributed by atoms with Gasteiger partial charge in [-0.3, -0.25) is 10.1 Å². The first kappa shape index (κ1) is 14.6. The van der Waals surface area contributed by atoms with E-state index in [9.17, 15) is 18.9 Å². The summed E-state index contributed by atoms with van der Waals surface area (Å²) in [5, 5.41) is 13.2. The van der Waals surface area contributed by atoms with E-state index in [0.717, 1.165) is 18.2 Å². The smallest absolute Gasteiger partial charge is 0.311 e. The van der Waals surface area contributed by atoms with E-state index in [1.54, 1.807) is 0 Å². The number of nitrogens with one attached hydrogen (secondary N) is 1. The van der Waals surface area contributed by atoms with Gasteiger partial charge in [-0.2, -0.15) is 0 Å².